The second-order valence-corrected chi connectivity index (χ2v) is 6.11. The molecule has 21 heavy (non-hydrogen) atoms. The van der Waals surface area contributed by atoms with Crippen LogP contribution >= 0.6 is 0 Å². The van der Waals surface area contributed by atoms with Gasteiger partial charge in [0, 0.05) is 5.56 Å². The highest BCUT2D eigenvalue weighted by Gasteiger charge is 2.21. The maximum absolute atomic E-state index is 14.4. The molecule has 0 spiro atoms. The van der Waals surface area contributed by atoms with Gasteiger partial charge in [-0.15, -0.1) is 0 Å². The van der Waals surface area contributed by atoms with E-state index in [1.807, 2.05) is 43.3 Å². The van der Waals surface area contributed by atoms with E-state index in [-0.39, 0.29) is 11.9 Å². The maximum atomic E-state index is 14.4. The molecular formula is C19H21FO. The van der Waals surface area contributed by atoms with Crippen molar-refractivity contribution in [2.45, 2.75) is 44.6 Å². The Hall–Kier alpha value is -1.67. The summed E-state index contributed by atoms with van der Waals surface area (Å²) in [4.78, 5) is 0. The lowest BCUT2D eigenvalue weighted by atomic mass is 9.82. The van der Waals surface area contributed by atoms with Gasteiger partial charge >= 0.3 is 0 Å². The molecule has 3 rings (SSSR count). The molecule has 0 amide bonds. The first kappa shape index (κ1) is 14.3. The summed E-state index contributed by atoms with van der Waals surface area (Å²) >= 11 is 0. The molecular weight excluding hydrogens is 263 g/mol. The summed E-state index contributed by atoms with van der Waals surface area (Å²) < 4.78 is 14.4. The number of hydrogen-bond donors (Lipinski definition) is 1. The molecule has 1 nitrogen and oxygen atoms in total. The molecule has 1 aliphatic carbocycles. The van der Waals surface area contributed by atoms with Crippen molar-refractivity contribution in [1.29, 1.82) is 0 Å². The van der Waals surface area contributed by atoms with E-state index in [9.17, 15) is 9.50 Å². The van der Waals surface area contributed by atoms with Gasteiger partial charge in [-0.3, -0.25) is 0 Å². The van der Waals surface area contributed by atoms with Crippen molar-refractivity contribution in [1.82, 2.24) is 0 Å². The Morgan fingerprint density at radius 3 is 2.24 bits per heavy atom. The standard InChI is InChI=1S/C19H21FO/c1-13-2-4-15(5-3-13)18-11-8-16(12-19(18)20)14-6-9-17(21)10-7-14/h2-5,8,11-12,14,17,21H,6-7,9-10H2,1H3. The number of aryl methyl sites for hydroxylation is 1. The third-order valence-corrected chi connectivity index (χ3v) is 4.52. The van der Waals surface area contributed by atoms with Gasteiger partial charge in [0.15, 0.2) is 0 Å². The molecule has 2 aromatic carbocycles. The molecule has 1 saturated carbocycles. The molecule has 0 unspecified atom stereocenters. The molecule has 0 radical (unpaired) electrons. The van der Waals surface area contributed by atoms with E-state index in [2.05, 4.69) is 0 Å². The van der Waals surface area contributed by atoms with Crippen molar-refractivity contribution in [2.75, 3.05) is 0 Å². The van der Waals surface area contributed by atoms with Crippen LogP contribution in [0.1, 0.15) is 42.7 Å². The molecule has 0 aliphatic heterocycles. The Balaban J connectivity index is 1.84. The van der Waals surface area contributed by atoms with E-state index in [1.54, 1.807) is 6.07 Å². The Morgan fingerprint density at radius 1 is 0.952 bits per heavy atom. The van der Waals surface area contributed by atoms with Crippen LogP contribution in [-0.4, -0.2) is 11.2 Å². The van der Waals surface area contributed by atoms with E-state index in [4.69, 9.17) is 0 Å². The van der Waals surface area contributed by atoms with E-state index in [0.717, 1.165) is 36.8 Å². The van der Waals surface area contributed by atoms with Crippen LogP contribution < -0.4 is 0 Å². The zero-order chi connectivity index (χ0) is 14.8. The molecule has 110 valence electrons. The van der Waals surface area contributed by atoms with Gasteiger partial charge in [-0.2, -0.15) is 0 Å². The van der Waals surface area contributed by atoms with Crippen molar-refractivity contribution >= 4 is 0 Å². The molecule has 1 N–H and O–H groups in total. The third kappa shape index (κ3) is 3.16. The molecule has 1 aliphatic rings. The molecule has 0 saturated heterocycles. The van der Waals surface area contributed by atoms with Crippen LogP contribution in [0.3, 0.4) is 0 Å². The number of rotatable bonds is 2. The summed E-state index contributed by atoms with van der Waals surface area (Å²) in [5.41, 5.74) is 3.82. The van der Waals surface area contributed by atoms with Crippen molar-refractivity contribution in [3.63, 3.8) is 0 Å². The summed E-state index contributed by atoms with van der Waals surface area (Å²) in [5, 5.41) is 9.57. The van der Waals surface area contributed by atoms with Gasteiger partial charge in [0.05, 0.1) is 6.10 Å². The van der Waals surface area contributed by atoms with Gasteiger partial charge < -0.3 is 5.11 Å². The maximum Gasteiger partial charge on any atom is 0.131 e. The lowest BCUT2D eigenvalue weighted by Crippen LogP contribution is -2.17. The third-order valence-electron chi connectivity index (χ3n) is 4.52. The highest BCUT2D eigenvalue weighted by molar-refractivity contribution is 5.64. The molecule has 1 fully saturated rings. The van der Waals surface area contributed by atoms with Crippen LogP contribution in [-0.2, 0) is 0 Å². The lowest BCUT2D eigenvalue weighted by molar-refractivity contribution is 0.122. The topological polar surface area (TPSA) is 20.2 Å². The summed E-state index contributed by atoms with van der Waals surface area (Å²) in [6.07, 6.45) is 3.38. The van der Waals surface area contributed by atoms with Crippen molar-refractivity contribution in [3.8, 4) is 11.1 Å². The summed E-state index contributed by atoms with van der Waals surface area (Å²) in [6.45, 7) is 2.03. The fourth-order valence-electron chi connectivity index (χ4n) is 3.16. The van der Waals surface area contributed by atoms with Crippen LogP contribution in [0, 0.1) is 12.7 Å². The Kier molecular flexibility index (Phi) is 4.07. The monoisotopic (exact) mass is 284 g/mol. The fraction of sp³-hybridized carbons (Fsp3) is 0.368. The number of halogens is 1. The largest absolute Gasteiger partial charge is 0.393 e. The molecule has 2 aromatic rings. The first-order valence-corrected chi connectivity index (χ1v) is 7.68. The fourth-order valence-corrected chi connectivity index (χ4v) is 3.16. The van der Waals surface area contributed by atoms with Crippen molar-refractivity contribution in [3.05, 3.63) is 59.4 Å². The van der Waals surface area contributed by atoms with Crippen molar-refractivity contribution in [2.24, 2.45) is 0 Å². The Morgan fingerprint density at radius 2 is 1.62 bits per heavy atom. The average Bonchev–Trinajstić information content (AvgIpc) is 2.49. The number of benzene rings is 2. The minimum Gasteiger partial charge on any atom is -0.393 e. The van der Waals surface area contributed by atoms with Gasteiger partial charge in [-0.05, 0) is 55.7 Å². The van der Waals surface area contributed by atoms with Gasteiger partial charge in [-0.25, -0.2) is 4.39 Å². The second-order valence-electron chi connectivity index (χ2n) is 6.11. The smallest absolute Gasteiger partial charge is 0.131 e. The first-order chi connectivity index (χ1) is 10.1. The summed E-state index contributed by atoms with van der Waals surface area (Å²) in [6, 6.07) is 13.5. The summed E-state index contributed by atoms with van der Waals surface area (Å²) in [5.74, 6) is 0.234. The number of aliphatic hydroxyl groups excluding tert-OH is 1. The highest BCUT2D eigenvalue weighted by atomic mass is 19.1. The van der Waals surface area contributed by atoms with Crippen LogP contribution in [0.2, 0.25) is 0 Å². The van der Waals surface area contributed by atoms with E-state index in [0.29, 0.717) is 11.5 Å². The predicted molar refractivity (Wildman–Crippen MR) is 83.8 cm³/mol. The number of aliphatic hydroxyl groups is 1. The van der Waals surface area contributed by atoms with Gasteiger partial charge in [-0.1, -0.05) is 42.0 Å². The number of hydrogen-bond acceptors (Lipinski definition) is 1. The minimum atomic E-state index is -0.169. The zero-order valence-electron chi connectivity index (χ0n) is 12.3. The van der Waals surface area contributed by atoms with Gasteiger partial charge in [0.1, 0.15) is 5.82 Å². The minimum absolute atomic E-state index is 0.150. The SMILES string of the molecule is Cc1ccc(-c2ccc(C3CCC(O)CC3)cc2F)cc1. The van der Waals surface area contributed by atoms with Crippen LogP contribution in [0.5, 0.6) is 0 Å². The van der Waals surface area contributed by atoms with Crippen LogP contribution in [0.15, 0.2) is 42.5 Å². The predicted octanol–water partition coefficient (Wildman–Crippen LogP) is 4.82. The Bertz CT molecular complexity index is 610. The van der Waals surface area contributed by atoms with Gasteiger partial charge in [0.2, 0.25) is 0 Å². The Labute approximate surface area is 125 Å². The normalized spacial score (nSPS) is 22.2. The lowest BCUT2D eigenvalue weighted by Gasteiger charge is -2.25. The van der Waals surface area contributed by atoms with Crippen LogP contribution in [0.25, 0.3) is 11.1 Å². The molecule has 0 bridgehead atoms. The van der Waals surface area contributed by atoms with E-state index < -0.39 is 0 Å². The average molecular weight is 284 g/mol. The second kappa shape index (κ2) is 5.98. The first-order valence-electron chi connectivity index (χ1n) is 7.68. The molecule has 2 heteroatoms. The molecule has 0 atom stereocenters. The molecule has 0 aromatic heterocycles. The van der Waals surface area contributed by atoms with Crippen molar-refractivity contribution < 1.29 is 9.50 Å². The summed E-state index contributed by atoms with van der Waals surface area (Å²) in [7, 11) is 0. The highest BCUT2D eigenvalue weighted by Crippen LogP contribution is 2.34. The van der Waals surface area contributed by atoms with Gasteiger partial charge in [0.25, 0.3) is 0 Å². The zero-order valence-corrected chi connectivity index (χ0v) is 12.3. The van der Waals surface area contributed by atoms with Crippen LogP contribution in [0.4, 0.5) is 4.39 Å². The van der Waals surface area contributed by atoms with E-state index >= 15 is 0 Å². The molecule has 0 heterocycles. The quantitative estimate of drug-likeness (QED) is 0.838. The van der Waals surface area contributed by atoms with E-state index in [1.165, 1.54) is 5.56 Å².